The second kappa shape index (κ2) is 6.21. The first kappa shape index (κ1) is 16.2. The molecule has 0 N–H and O–H groups in total. The van der Waals surface area contributed by atoms with E-state index in [1.807, 2.05) is 21.6 Å². The molecule has 25 heavy (non-hydrogen) atoms. The summed E-state index contributed by atoms with van der Waals surface area (Å²) in [4.78, 5) is 26.9. The van der Waals surface area contributed by atoms with E-state index >= 15 is 0 Å². The molecule has 0 spiro atoms. The molecule has 2 aromatic rings. The van der Waals surface area contributed by atoms with Gasteiger partial charge in [0.2, 0.25) is 5.91 Å². The molecule has 0 aliphatic carbocycles. The molecule has 1 amide bonds. The van der Waals surface area contributed by atoms with Crippen molar-refractivity contribution in [2.45, 2.75) is 45.7 Å². The third-order valence-electron chi connectivity index (χ3n) is 5.80. The van der Waals surface area contributed by atoms with E-state index in [-0.39, 0.29) is 11.5 Å². The van der Waals surface area contributed by atoms with Gasteiger partial charge < -0.3 is 14.0 Å². The maximum atomic E-state index is 12.8. The van der Waals surface area contributed by atoms with Crippen LogP contribution in [0.4, 0.5) is 0 Å². The zero-order chi connectivity index (χ0) is 17.6. The molecule has 2 atom stereocenters. The summed E-state index contributed by atoms with van der Waals surface area (Å²) in [6.07, 6.45) is 1.63. The Morgan fingerprint density at radius 2 is 1.84 bits per heavy atom. The number of carbonyl (C=O) groups is 1. The Balaban J connectivity index is 1.47. The highest BCUT2D eigenvalue weighted by atomic mass is 16.2. The maximum Gasteiger partial charge on any atom is 0.250 e. The number of hydrogen-bond acceptors (Lipinski definition) is 2. The van der Waals surface area contributed by atoms with E-state index in [1.54, 1.807) is 6.07 Å². The van der Waals surface area contributed by atoms with Gasteiger partial charge in [-0.2, -0.15) is 0 Å². The molecule has 2 aromatic heterocycles. The van der Waals surface area contributed by atoms with Gasteiger partial charge in [0.1, 0.15) is 0 Å². The monoisotopic (exact) mass is 339 g/mol. The number of likely N-dealkylation sites (tertiary alicyclic amines) is 1. The standard InChI is InChI=1S/C20H25N3O2/c1-14-6-7-15(2)22(14)9-8-19(24)21-11-16-10-17(13-21)18-4-3-5-20(25)23(18)12-16/h3-7,16-17H,8-13H2,1-2H3/t16-,17+/m0/s1. The smallest absolute Gasteiger partial charge is 0.250 e. The highest BCUT2D eigenvalue weighted by Gasteiger charge is 2.35. The second-order valence-electron chi connectivity index (χ2n) is 7.51. The summed E-state index contributed by atoms with van der Waals surface area (Å²) in [6, 6.07) is 9.71. The number of carbonyl (C=O) groups excluding carboxylic acids is 1. The lowest BCUT2D eigenvalue weighted by Crippen LogP contribution is -2.49. The van der Waals surface area contributed by atoms with Gasteiger partial charge >= 0.3 is 0 Å². The van der Waals surface area contributed by atoms with Crippen molar-refractivity contribution in [1.82, 2.24) is 14.0 Å². The van der Waals surface area contributed by atoms with Crippen molar-refractivity contribution >= 4 is 5.91 Å². The number of aryl methyl sites for hydroxylation is 2. The van der Waals surface area contributed by atoms with Gasteiger partial charge in [-0.3, -0.25) is 9.59 Å². The van der Waals surface area contributed by atoms with Gasteiger partial charge in [-0.1, -0.05) is 6.07 Å². The summed E-state index contributed by atoms with van der Waals surface area (Å²) in [5, 5.41) is 0. The topological polar surface area (TPSA) is 47.2 Å². The third kappa shape index (κ3) is 2.92. The molecular weight excluding hydrogens is 314 g/mol. The fraction of sp³-hybridized carbons (Fsp3) is 0.500. The van der Waals surface area contributed by atoms with Crippen LogP contribution in [0.25, 0.3) is 0 Å². The van der Waals surface area contributed by atoms with Crippen molar-refractivity contribution in [2.24, 2.45) is 5.92 Å². The molecule has 0 radical (unpaired) electrons. The lowest BCUT2D eigenvalue weighted by Gasteiger charge is -2.42. The SMILES string of the molecule is Cc1ccc(C)n1CCC(=O)N1C[C@@H]2C[C@H](C1)c1cccc(=O)n1C2. The molecule has 4 rings (SSSR count). The van der Waals surface area contributed by atoms with Crippen molar-refractivity contribution < 1.29 is 4.79 Å². The lowest BCUT2D eigenvalue weighted by molar-refractivity contribution is -0.134. The number of fused-ring (bicyclic) bond motifs is 4. The van der Waals surface area contributed by atoms with Crippen LogP contribution in [0.2, 0.25) is 0 Å². The van der Waals surface area contributed by atoms with Gasteiger partial charge in [0.25, 0.3) is 5.56 Å². The van der Waals surface area contributed by atoms with Crippen LogP contribution in [-0.2, 0) is 17.9 Å². The molecule has 0 saturated carbocycles. The van der Waals surface area contributed by atoms with Crippen LogP contribution in [0.15, 0.2) is 35.1 Å². The van der Waals surface area contributed by atoms with Crippen LogP contribution in [0, 0.1) is 19.8 Å². The van der Waals surface area contributed by atoms with Crippen LogP contribution in [0.5, 0.6) is 0 Å². The lowest BCUT2D eigenvalue weighted by atomic mass is 9.83. The Morgan fingerprint density at radius 1 is 1.08 bits per heavy atom. The van der Waals surface area contributed by atoms with Crippen LogP contribution in [0.1, 0.15) is 35.8 Å². The first-order valence-corrected chi connectivity index (χ1v) is 9.13. The van der Waals surface area contributed by atoms with E-state index in [9.17, 15) is 9.59 Å². The van der Waals surface area contributed by atoms with E-state index < -0.39 is 0 Å². The summed E-state index contributed by atoms with van der Waals surface area (Å²) in [5.41, 5.74) is 3.59. The number of hydrogen-bond donors (Lipinski definition) is 0. The number of amides is 1. The first-order valence-electron chi connectivity index (χ1n) is 9.13. The molecular formula is C20H25N3O2. The Hall–Kier alpha value is -2.30. The van der Waals surface area contributed by atoms with Gasteiger partial charge in [-0.05, 0) is 44.4 Å². The molecule has 5 heteroatoms. The molecule has 132 valence electrons. The fourth-order valence-electron chi connectivity index (χ4n) is 4.52. The second-order valence-corrected chi connectivity index (χ2v) is 7.51. The Morgan fingerprint density at radius 3 is 2.60 bits per heavy atom. The molecule has 2 aliphatic heterocycles. The molecule has 1 saturated heterocycles. The average Bonchev–Trinajstić information content (AvgIpc) is 2.92. The van der Waals surface area contributed by atoms with Crippen molar-refractivity contribution in [3.05, 3.63) is 57.8 Å². The van der Waals surface area contributed by atoms with Gasteiger partial charge in [0.05, 0.1) is 0 Å². The van der Waals surface area contributed by atoms with Gasteiger partial charge in [-0.15, -0.1) is 0 Å². The summed E-state index contributed by atoms with van der Waals surface area (Å²) < 4.78 is 4.12. The van der Waals surface area contributed by atoms with E-state index in [1.165, 1.54) is 11.4 Å². The first-order chi connectivity index (χ1) is 12.0. The number of rotatable bonds is 3. The van der Waals surface area contributed by atoms with Gasteiger partial charge in [-0.25, -0.2) is 0 Å². The van der Waals surface area contributed by atoms with Crippen molar-refractivity contribution in [3.63, 3.8) is 0 Å². The van der Waals surface area contributed by atoms with Crippen LogP contribution >= 0.6 is 0 Å². The average molecular weight is 339 g/mol. The molecule has 0 unspecified atom stereocenters. The van der Waals surface area contributed by atoms with Crippen LogP contribution < -0.4 is 5.56 Å². The largest absolute Gasteiger partial charge is 0.349 e. The highest BCUT2D eigenvalue weighted by molar-refractivity contribution is 5.76. The Labute approximate surface area is 147 Å². The van der Waals surface area contributed by atoms with Crippen LogP contribution in [-0.4, -0.2) is 33.0 Å². The molecule has 5 nitrogen and oxygen atoms in total. The molecule has 4 heterocycles. The number of aromatic nitrogens is 2. The van der Waals surface area contributed by atoms with Crippen molar-refractivity contribution in [3.8, 4) is 0 Å². The third-order valence-corrected chi connectivity index (χ3v) is 5.80. The number of nitrogens with zero attached hydrogens (tertiary/aromatic N) is 3. The van der Waals surface area contributed by atoms with Crippen molar-refractivity contribution in [1.29, 1.82) is 0 Å². The Bertz CT molecular complexity index is 845. The predicted octanol–water partition coefficient (Wildman–Crippen LogP) is 2.30. The molecule has 2 aliphatic rings. The minimum absolute atomic E-state index is 0.0885. The normalized spacial score (nSPS) is 21.9. The van der Waals surface area contributed by atoms with E-state index in [2.05, 4.69) is 30.5 Å². The zero-order valence-electron chi connectivity index (χ0n) is 14.9. The molecule has 1 fully saturated rings. The Kier molecular flexibility index (Phi) is 4.02. The number of pyridine rings is 1. The summed E-state index contributed by atoms with van der Waals surface area (Å²) in [5.74, 6) is 0.916. The highest BCUT2D eigenvalue weighted by Crippen LogP contribution is 2.35. The zero-order valence-corrected chi connectivity index (χ0v) is 14.9. The van der Waals surface area contributed by atoms with Gasteiger partial charge in [0.15, 0.2) is 0 Å². The maximum absolute atomic E-state index is 12.8. The number of piperidine rings is 1. The molecule has 2 bridgehead atoms. The quantitative estimate of drug-likeness (QED) is 0.861. The van der Waals surface area contributed by atoms with Gasteiger partial charge in [0, 0.05) is 61.7 Å². The fourth-order valence-corrected chi connectivity index (χ4v) is 4.52. The van der Waals surface area contributed by atoms with Crippen LogP contribution in [0.3, 0.4) is 0 Å². The minimum atomic E-state index is 0.0885. The van der Waals surface area contributed by atoms with E-state index in [0.29, 0.717) is 18.3 Å². The summed E-state index contributed by atoms with van der Waals surface area (Å²) >= 11 is 0. The van der Waals surface area contributed by atoms with E-state index in [4.69, 9.17) is 0 Å². The van der Waals surface area contributed by atoms with E-state index in [0.717, 1.165) is 38.3 Å². The minimum Gasteiger partial charge on any atom is -0.349 e. The summed E-state index contributed by atoms with van der Waals surface area (Å²) in [7, 11) is 0. The predicted molar refractivity (Wildman–Crippen MR) is 96.7 cm³/mol. The summed E-state index contributed by atoms with van der Waals surface area (Å²) in [6.45, 7) is 7.16. The van der Waals surface area contributed by atoms with Crippen molar-refractivity contribution in [2.75, 3.05) is 13.1 Å². The molecule has 0 aromatic carbocycles.